The maximum atomic E-state index is 13.9. The highest BCUT2D eigenvalue weighted by Crippen LogP contribution is 2.33. The lowest BCUT2D eigenvalue weighted by Crippen LogP contribution is -2.19. The summed E-state index contributed by atoms with van der Waals surface area (Å²) in [5, 5.41) is 11.7. The molecule has 0 atom stereocenters. The smallest absolute Gasteiger partial charge is 0.264 e. The topological polar surface area (TPSA) is 84.6 Å². The van der Waals surface area contributed by atoms with E-state index in [1.165, 1.54) is 24.9 Å². The van der Waals surface area contributed by atoms with E-state index in [-0.39, 0.29) is 18.3 Å². The summed E-state index contributed by atoms with van der Waals surface area (Å²) in [6.45, 7) is 0.0679. The standard InChI is InChI=1S/C30H23FN4O3S/c1-37-27-17-20(11-16-26(27)38-19-21-7-5-6-10-25(21)31)18-28-29(36)33-30(39-28)32-22-12-14-24(15-13-22)35-34-23-8-3-2-4-9-23/h2-18H,19H2,1H3,(H,32,33,36). The predicted octanol–water partition coefficient (Wildman–Crippen LogP) is 7.72. The molecule has 1 fully saturated rings. The van der Waals surface area contributed by atoms with Crippen molar-refractivity contribution in [3.63, 3.8) is 0 Å². The molecule has 0 aliphatic carbocycles. The normalized spacial score (nSPS) is 15.2. The Labute approximate surface area is 229 Å². The number of carbonyl (C=O) groups is 1. The summed E-state index contributed by atoms with van der Waals surface area (Å²) in [5.41, 5.74) is 3.34. The Bertz CT molecular complexity index is 1570. The number of amidine groups is 1. The third kappa shape index (κ3) is 6.77. The van der Waals surface area contributed by atoms with Crippen molar-refractivity contribution < 1.29 is 18.7 Å². The maximum absolute atomic E-state index is 13.9. The molecular weight excluding hydrogens is 515 g/mol. The summed E-state index contributed by atoms with van der Waals surface area (Å²) in [7, 11) is 1.53. The van der Waals surface area contributed by atoms with Gasteiger partial charge in [0.25, 0.3) is 5.91 Å². The van der Waals surface area contributed by atoms with E-state index in [9.17, 15) is 9.18 Å². The number of aliphatic imine (C=N–C) groups is 1. The number of ether oxygens (including phenoxy) is 2. The van der Waals surface area contributed by atoms with Crippen LogP contribution in [-0.2, 0) is 11.4 Å². The van der Waals surface area contributed by atoms with Gasteiger partial charge in [-0.1, -0.05) is 42.5 Å². The lowest BCUT2D eigenvalue weighted by atomic mass is 10.2. The Morgan fingerprint density at radius 3 is 2.28 bits per heavy atom. The molecule has 39 heavy (non-hydrogen) atoms. The van der Waals surface area contributed by atoms with Gasteiger partial charge in [-0.15, -0.1) is 0 Å². The van der Waals surface area contributed by atoms with E-state index < -0.39 is 0 Å². The summed E-state index contributed by atoms with van der Waals surface area (Å²) in [4.78, 5) is 17.6. The van der Waals surface area contributed by atoms with E-state index in [4.69, 9.17) is 9.47 Å². The first-order valence-corrected chi connectivity index (χ1v) is 12.8. The molecule has 0 spiro atoms. The second-order valence-corrected chi connectivity index (χ2v) is 9.35. The van der Waals surface area contributed by atoms with Crippen LogP contribution in [0.2, 0.25) is 0 Å². The molecule has 194 valence electrons. The van der Waals surface area contributed by atoms with Gasteiger partial charge in [0.2, 0.25) is 0 Å². The second-order valence-electron chi connectivity index (χ2n) is 8.32. The minimum atomic E-state index is -0.330. The van der Waals surface area contributed by atoms with Crippen LogP contribution in [0, 0.1) is 5.82 Å². The van der Waals surface area contributed by atoms with Crippen LogP contribution >= 0.6 is 11.8 Å². The SMILES string of the molecule is COc1cc(C=C2SC(=Nc3ccc(N=Nc4ccccc4)cc3)NC2=O)ccc1OCc1ccccc1F. The second kappa shape index (κ2) is 12.2. The van der Waals surface area contributed by atoms with E-state index in [2.05, 4.69) is 20.5 Å². The lowest BCUT2D eigenvalue weighted by Gasteiger charge is -2.12. The molecule has 9 heteroatoms. The fourth-order valence-electron chi connectivity index (χ4n) is 3.62. The van der Waals surface area contributed by atoms with Crippen LogP contribution in [0.25, 0.3) is 6.08 Å². The molecule has 1 aliphatic heterocycles. The van der Waals surface area contributed by atoms with Crippen LogP contribution in [0.5, 0.6) is 11.5 Å². The number of benzene rings is 4. The van der Waals surface area contributed by atoms with Crippen LogP contribution in [0.4, 0.5) is 21.5 Å². The molecule has 0 saturated carbocycles. The summed E-state index contributed by atoms with van der Waals surface area (Å²) in [6, 6.07) is 28.5. The molecule has 7 nitrogen and oxygen atoms in total. The van der Waals surface area contributed by atoms with Crippen molar-refractivity contribution >= 4 is 46.0 Å². The fraction of sp³-hybridized carbons (Fsp3) is 0.0667. The van der Waals surface area contributed by atoms with Gasteiger partial charge in [0, 0.05) is 5.56 Å². The molecule has 4 aromatic carbocycles. The molecule has 0 radical (unpaired) electrons. The Morgan fingerprint density at radius 1 is 0.846 bits per heavy atom. The molecular formula is C30H23FN4O3S. The van der Waals surface area contributed by atoms with Gasteiger partial charge >= 0.3 is 0 Å². The quantitative estimate of drug-likeness (QED) is 0.184. The summed E-state index contributed by atoms with van der Waals surface area (Å²) in [5.74, 6) is 0.373. The molecule has 1 heterocycles. The van der Waals surface area contributed by atoms with Gasteiger partial charge in [-0.25, -0.2) is 9.38 Å². The number of carbonyl (C=O) groups excluding carboxylic acids is 1. The van der Waals surface area contributed by atoms with Crippen LogP contribution < -0.4 is 14.8 Å². The van der Waals surface area contributed by atoms with Gasteiger partial charge in [-0.2, -0.15) is 10.2 Å². The number of amides is 1. The summed E-state index contributed by atoms with van der Waals surface area (Å²) >= 11 is 1.24. The highest BCUT2D eigenvalue weighted by molar-refractivity contribution is 8.18. The zero-order chi connectivity index (χ0) is 27.0. The molecule has 0 unspecified atom stereocenters. The van der Waals surface area contributed by atoms with E-state index >= 15 is 0 Å². The van der Waals surface area contributed by atoms with Crippen molar-refractivity contribution in [3.8, 4) is 11.5 Å². The number of nitrogens with zero attached hydrogens (tertiary/aromatic N) is 3. The molecule has 1 aliphatic rings. The summed E-state index contributed by atoms with van der Waals surface area (Å²) in [6.07, 6.45) is 1.75. The van der Waals surface area contributed by atoms with E-state index in [1.54, 1.807) is 42.5 Å². The molecule has 4 aromatic rings. The molecule has 0 aromatic heterocycles. The molecule has 5 rings (SSSR count). The Balaban J connectivity index is 1.25. The first kappa shape index (κ1) is 25.9. The van der Waals surface area contributed by atoms with Crippen molar-refractivity contribution in [2.24, 2.45) is 15.2 Å². The van der Waals surface area contributed by atoms with Gasteiger partial charge in [-0.3, -0.25) is 4.79 Å². The van der Waals surface area contributed by atoms with E-state index in [0.717, 1.165) is 11.3 Å². The Hall–Kier alpha value is -4.76. The van der Waals surface area contributed by atoms with Gasteiger partial charge in [0.15, 0.2) is 16.7 Å². The van der Waals surface area contributed by atoms with Crippen molar-refractivity contribution in [1.29, 1.82) is 0 Å². The first-order valence-electron chi connectivity index (χ1n) is 12.0. The third-order valence-corrected chi connectivity index (χ3v) is 6.50. The van der Waals surface area contributed by atoms with E-state index in [0.29, 0.717) is 38.5 Å². The minimum absolute atomic E-state index is 0.0679. The van der Waals surface area contributed by atoms with Gasteiger partial charge < -0.3 is 14.8 Å². The molecule has 0 bridgehead atoms. The van der Waals surface area contributed by atoms with Crippen LogP contribution in [0.3, 0.4) is 0 Å². The molecule has 1 amide bonds. The van der Waals surface area contributed by atoms with Crippen molar-refractivity contribution in [2.75, 3.05) is 7.11 Å². The van der Waals surface area contributed by atoms with Gasteiger partial charge in [0.05, 0.1) is 29.1 Å². The number of hydrogen-bond acceptors (Lipinski definition) is 7. The fourth-order valence-corrected chi connectivity index (χ4v) is 4.46. The molecule has 1 saturated heterocycles. The number of rotatable bonds is 8. The van der Waals surface area contributed by atoms with Crippen LogP contribution in [0.1, 0.15) is 11.1 Å². The van der Waals surface area contributed by atoms with Crippen LogP contribution in [-0.4, -0.2) is 18.2 Å². The van der Waals surface area contributed by atoms with Crippen molar-refractivity contribution in [3.05, 3.63) is 119 Å². The highest BCUT2D eigenvalue weighted by atomic mass is 32.2. The Morgan fingerprint density at radius 2 is 1.54 bits per heavy atom. The van der Waals surface area contributed by atoms with E-state index in [1.807, 2.05) is 54.6 Å². The third-order valence-electron chi connectivity index (χ3n) is 5.59. The largest absolute Gasteiger partial charge is 0.493 e. The monoisotopic (exact) mass is 538 g/mol. The van der Waals surface area contributed by atoms with Gasteiger partial charge in [0.1, 0.15) is 12.4 Å². The lowest BCUT2D eigenvalue weighted by molar-refractivity contribution is -0.115. The number of nitrogens with one attached hydrogen (secondary N) is 1. The van der Waals surface area contributed by atoms with Crippen LogP contribution in [0.15, 0.2) is 117 Å². The van der Waals surface area contributed by atoms with Crippen molar-refractivity contribution in [1.82, 2.24) is 5.32 Å². The van der Waals surface area contributed by atoms with Gasteiger partial charge in [-0.05, 0) is 78.0 Å². The van der Waals surface area contributed by atoms with Crippen molar-refractivity contribution in [2.45, 2.75) is 6.61 Å². The minimum Gasteiger partial charge on any atom is -0.493 e. The highest BCUT2D eigenvalue weighted by Gasteiger charge is 2.24. The number of thioether (sulfide) groups is 1. The number of halogens is 1. The number of azo groups is 1. The predicted molar refractivity (Wildman–Crippen MR) is 152 cm³/mol. The first-order chi connectivity index (χ1) is 19.1. The molecule has 1 N–H and O–H groups in total. The average Bonchev–Trinajstić information content (AvgIpc) is 3.31. The number of methoxy groups -OCH3 is 1. The number of hydrogen-bond donors (Lipinski definition) is 1. The maximum Gasteiger partial charge on any atom is 0.264 e. The average molecular weight is 539 g/mol. The Kier molecular flexibility index (Phi) is 8.09. The summed E-state index contributed by atoms with van der Waals surface area (Å²) < 4.78 is 25.1. The zero-order valence-electron chi connectivity index (χ0n) is 20.9. The zero-order valence-corrected chi connectivity index (χ0v) is 21.7.